The molecule has 0 aliphatic carbocycles. The van der Waals surface area contributed by atoms with E-state index < -0.39 is 5.76 Å². The molecule has 1 atom stereocenters. The van der Waals surface area contributed by atoms with Gasteiger partial charge in [0.15, 0.2) is 5.76 Å². The molecule has 0 saturated heterocycles. The molecular weight excluding hydrogens is 230 g/mol. The average molecular weight is 243 g/mol. The Kier molecular flexibility index (Phi) is 2.51. The molecule has 0 aromatic carbocycles. The molecule has 18 heavy (non-hydrogen) atoms. The van der Waals surface area contributed by atoms with Gasteiger partial charge in [0.2, 0.25) is 0 Å². The fraction of sp³-hybridized carbons (Fsp3) is 0.231. The molecule has 3 heterocycles. The Morgan fingerprint density at radius 2 is 2.39 bits per heavy atom. The van der Waals surface area contributed by atoms with Crippen molar-refractivity contribution in [1.82, 2.24) is 14.9 Å². The summed E-state index contributed by atoms with van der Waals surface area (Å²) in [5.74, 6) is 0.209. The fourth-order valence-electron chi connectivity index (χ4n) is 2.11. The molecule has 0 spiro atoms. The molecule has 1 aliphatic rings. The zero-order valence-corrected chi connectivity index (χ0v) is 9.96. The van der Waals surface area contributed by atoms with Gasteiger partial charge in [-0.3, -0.25) is 9.97 Å². The molecule has 5 nitrogen and oxygen atoms in total. The van der Waals surface area contributed by atoms with E-state index in [1.165, 1.54) is 0 Å². The monoisotopic (exact) mass is 243 g/mol. The highest BCUT2D eigenvalue weighted by molar-refractivity contribution is 5.48. The van der Waals surface area contributed by atoms with E-state index in [1.54, 1.807) is 12.3 Å². The highest BCUT2D eigenvalue weighted by Gasteiger charge is 2.23. The third-order valence-corrected chi connectivity index (χ3v) is 3.11. The van der Waals surface area contributed by atoms with Crippen molar-refractivity contribution in [1.29, 1.82) is 0 Å². The molecule has 0 radical (unpaired) electrons. The average Bonchev–Trinajstić information content (AvgIpc) is 2.76. The summed E-state index contributed by atoms with van der Waals surface area (Å²) in [6, 6.07) is 5.91. The van der Waals surface area contributed by atoms with E-state index in [1.807, 2.05) is 31.3 Å². The molecule has 0 bridgehead atoms. The van der Waals surface area contributed by atoms with Crippen LogP contribution in [0.25, 0.3) is 6.08 Å². The summed E-state index contributed by atoms with van der Waals surface area (Å²) in [5.41, 5.74) is 1.81. The predicted molar refractivity (Wildman–Crippen MR) is 66.6 cm³/mol. The maximum absolute atomic E-state index is 11.2. The van der Waals surface area contributed by atoms with E-state index in [9.17, 15) is 4.79 Å². The Balaban J connectivity index is 1.86. The lowest BCUT2D eigenvalue weighted by atomic mass is 10.1. The number of nitrogens with zero attached hydrogens (tertiary/aromatic N) is 2. The summed E-state index contributed by atoms with van der Waals surface area (Å²) in [5, 5.41) is 0. The van der Waals surface area contributed by atoms with Gasteiger partial charge in [-0.25, -0.2) is 4.79 Å². The Morgan fingerprint density at radius 1 is 1.50 bits per heavy atom. The van der Waals surface area contributed by atoms with Gasteiger partial charge < -0.3 is 9.32 Å². The first-order chi connectivity index (χ1) is 8.74. The van der Waals surface area contributed by atoms with Crippen molar-refractivity contribution >= 4 is 6.08 Å². The molecular formula is C13H13N3O2. The maximum atomic E-state index is 11.2. The Hall–Kier alpha value is -2.30. The first-order valence-corrected chi connectivity index (χ1v) is 5.81. The zero-order valence-electron chi connectivity index (χ0n) is 9.96. The van der Waals surface area contributed by atoms with Crippen LogP contribution in [0.4, 0.5) is 0 Å². The largest absolute Gasteiger partial charge is 0.417 e. The third-order valence-electron chi connectivity index (χ3n) is 3.11. The molecule has 2 aromatic heterocycles. The van der Waals surface area contributed by atoms with Gasteiger partial charge >= 0.3 is 5.76 Å². The van der Waals surface area contributed by atoms with E-state index in [0.29, 0.717) is 12.3 Å². The molecule has 2 aromatic rings. The zero-order chi connectivity index (χ0) is 12.5. The molecule has 1 unspecified atom stereocenters. The summed E-state index contributed by atoms with van der Waals surface area (Å²) >= 11 is 0. The molecule has 1 N–H and O–H groups in total. The van der Waals surface area contributed by atoms with E-state index >= 15 is 0 Å². The predicted octanol–water partition coefficient (Wildman–Crippen LogP) is 1.91. The van der Waals surface area contributed by atoms with Gasteiger partial charge in [0.25, 0.3) is 0 Å². The lowest BCUT2D eigenvalue weighted by molar-refractivity contribution is 0.277. The Labute approximate surface area is 104 Å². The van der Waals surface area contributed by atoms with Crippen LogP contribution in [0.15, 0.2) is 39.8 Å². The highest BCUT2D eigenvalue weighted by atomic mass is 16.4. The van der Waals surface area contributed by atoms with Crippen molar-refractivity contribution in [2.45, 2.75) is 19.5 Å². The fourth-order valence-corrected chi connectivity index (χ4v) is 2.11. The van der Waals surface area contributed by atoms with Crippen molar-refractivity contribution in [2.75, 3.05) is 0 Å². The van der Waals surface area contributed by atoms with Crippen LogP contribution in [0.5, 0.6) is 0 Å². The van der Waals surface area contributed by atoms with Gasteiger partial charge in [0.1, 0.15) is 0 Å². The summed E-state index contributed by atoms with van der Waals surface area (Å²) in [7, 11) is 0. The first kappa shape index (κ1) is 10.8. The molecule has 3 rings (SSSR count). The van der Waals surface area contributed by atoms with Gasteiger partial charge in [-0.2, -0.15) is 0 Å². The number of nitrogens with one attached hydrogen (secondary N) is 1. The number of fused-ring (bicyclic) bond motifs is 1. The lowest BCUT2D eigenvalue weighted by Crippen LogP contribution is -2.24. The molecule has 0 fully saturated rings. The number of H-pyrrole nitrogens is 1. The number of aromatic nitrogens is 2. The summed E-state index contributed by atoms with van der Waals surface area (Å²) in [6.07, 6.45) is 5.51. The van der Waals surface area contributed by atoms with E-state index in [4.69, 9.17) is 4.42 Å². The van der Waals surface area contributed by atoms with Gasteiger partial charge in [-0.1, -0.05) is 6.07 Å². The van der Waals surface area contributed by atoms with Crippen molar-refractivity contribution in [3.8, 4) is 0 Å². The molecule has 0 amide bonds. The number of aromatic amines is 1. The second kappa shape index (κ2) is 4.18. The quantitative estimate of drug-likeness (QED) is 0.875. The molecule has 92 valence electrons. The van der Waals surface area contributed by atoms with Crippen LogP contribution in [-0.4, -0.2) is 14.9 Å². The number of pyridine rings is 1. The second-order valence-electron chi connectivity index (χ2n) is 4.28. The first-order valence-electron chi connectivity index (χ1n) is 5.81. The second-order valence-corrected chi connectivity index (χ2v) is 4.28. The van der Waals surface area contributed by atoms with Gasteiger partial charge in [-0.15, -0.1) is 0 Å². The van der Waals surface area contributed by atoms with Crippen LogP contribution in [0, 0.1) is 0 Å². The molecule has 1 aliphatic heterocycles. The Bertz CT molecular complexity index is 627. The summed E-state index contributed by atoms with van der Waals surface area (Å²) in [6.45, 7) is 2.72. The van der Waals surface area contributed by atoms with Crippen LogP contribution in [0.1, 0.15) is 30.1 Å². The summed E-state index contributed by atoms with van der Waals surface area (Å²) in [4.78, 5) is 20.3. The van der Waals surface area contributed by atoms with E-state index in [0.717, 1.165) is 11.4 Å². The van der Waals surface area contributed by atoms with Crippen molar-refractivity contribution in [3.63, 3.8) is 0 Å². The van der Waals surface area contributed by atoms with Crippen LogP contribution in [-0.2, 0) is 6.54 Å². The SMILES string of the molecule is CC1c2[nH]c(=O)oc2C=CN1Cc1ccccn1. The maximum Gasteiger partial charge on any atom is 0.417 e. The third kappa shape index (κ3) is 1.84. The number of hydrogen-bond donors (Lipinski definition) is 1. The minimum absolute atomic E-state index is 0.0680. The van der Waals surface area contributed by atoms with Crippen LogP contribution >= 0.6 is 0 Å². The normalized spacial score (nSPS) is 17.8. The van der Waals surface area contributed by atoms with Gasteiger partial charge in [0.05, 0.1) is 24.0 Å². The standard InChI is InChI=1S/C13H13N3O2/c1-9-12-11(18-13(17)15-12)5-7-16(9)8-10-4-2-3-6-14-10/h2-7,9H,8H2,1H3,(H,15,17). The van der Waals surface area contributed by atoms with Crippen molar-refractivity contribution in [3.05, 3.63) is 58.3 Å². The lowest BCUT2D eigenvalue weighted by Gasteiger charge is -2.29. The van der Waals surface area contributed by atoms with Gasteiger partial charge in [-0.05, 0) is 25.1 Å². The van der Waals surface area contributed by atoms with Crippen molar-refractivity contribution < 1.29 is 4.42 Å². The summed E-state index contributed by atoms with van der Waals surface area (Å²) < 4.78 is 5.03. The number of hydrogen-bond acceptors (Lipinski definition) is 4. The van der Waals surface area contributed by atoms with Crippen LogP contribution in [0.3, 0.4) is 0 Å². The minimum Gasteiger partial charge on any atom is -0.408 e. The number of oxazole rings is 1. The Morgan fingerprint density at radius 3 is 3.17 bits per heavy atom. The molecule has 0 saturated carbocycles. The van der Waals surface area contributed by atoms with E-state index in [-0.39, 0.29) is 6.04 Å². The number of rotatable bonds is 2. The molecule has 5 heteroatoms. The van der Waals surface area contributed by atoms with Gasteiger partial charge in [0, 0.05) is 12.4 Å². The van der Waals surface area contributed by atoms with Crippen LogP contribution < -0.4 is 5.76 Å². The minimum atomic E-state index is -0.406. The van der Waals surface area contributed by atoms with Crippen LogP contribution in [0.2, 0.25) is 0 Å². The van der Waals surface area contributed by atoms with E-state index in [2.05, 4.69) is 14.9 Å². The smallest absolute Gasteiger partial charge is 0.408 e. The highest BCUT2D eigenvalue weighted by Crippen LogP contribution is 2.28. The van der Waals surface area contributed by atoms with Crippen molar-refractivity contribution in [2.24, 2.45) is 0 Å². The topological polar surface area (TPSA) is 62.1 Å².